The van der Waals surface area contributed by atoms with Crippen LogP contribution in [0.3, 0.4) is 0 Å². The van der Waals surface area contributed by atoms with Crippen LogP contribution in [0, 0.1) is 11.8 Å². The molecule has 1 saturated carbocycles. The maximum absolute atomic E-state index is 13.3. The summed E-state index contributed by atoms with van der Waals surface area (Å²) in [5.74, 6) is -1.43. The Morgan fingerprint density at radius 1 is 1.07 bits per heavy atom. The Kier molecular flexibility index (Phi) is 5.08. The van der Waals surface area contributed by atoms with Gasteiger partial charge in [0.2, 0.25) is 0 Å². The molecule has 158 valence electrons. The van der Waals surface area contributed by atoms with Crippen LogP contribution in [0.15, 0.2) is 36.7 Å². The number of fused-ring (bicyclic) bond motifs is 1. The van der Waals surface area contributed by atoms with Crippen molar-refractivity contribution in [2.45, 2.75) is 24.9 Å². The molecule has 2 aliphatic rings. The Morgan fingerprint density at radius 3 is 2.33 bits per heavy atom. The number of amides is 2. The predicted octanol–water partition coefficient (Wildman–Crippen LogP) is 3.85. The number of carbonyl (C=O) groups is 2. The molecule has 2 amide bonds. The van der Waals surface area contributed by atoms with Gasteiger partial charge in [-0.1, -0.05) is 18.2 Å². The minimum absolute atomic E-state index is 0.0999. The Labute approximate surface area is 169 Å². The molecular weight excluding hydrogens is 401 g/mol. The summed E-state index contributed by atoms with van der Waals surface area (Å²) < 4.78 is 40.0. The molecule has 7 nitrogen and oxygen atoms in total. The molecule has 0 radical (unpaired) electrons. The molecule has 1 saturated heterocycles. The lowest BCUT2D eigenvalue weighted by Gasteiger charge is -2.21. The van der Waals surface area contributed by atoms with Crippen LogP contribution in [0.4, 0.5) is 23.8 Å². The van der Waals surface area contributed by atoms with E-state index < -0.39 is 23.7 Å². The van der Waals surface area contributed by atoms with Crippen LogP contribution in [-0.2, 0) is 6.18 Å². The highest BCUT2D eigenvalue weighted by atomic mass is 19.4. The topological polar surface area (TPSA) is 95.4 Å². The maximum Gasteiger partial charge on any atom is 0.416 e. The van der Waals surface area contributed by atoms with Crippen molar-refractivity contribution in [3.05, 3.63) is 53.5 Å². The first-order chi connectivity index (χ1) is 14.2. The molecule has 1 aromatic carbocycles. The number of halogens is 3. The van der Waals surface area contributed by atoms with E-state index in [1.165, 1.54) is 18.5 Å². The average molecular weight is 420 g/mol. The number of nitrogens with zero attached hydrogens (tertiary/aromatic N) is 3. The standard InChI is InChI=1S/C20H19F3N4O3/c21-20(22,23)15-4-2-1-3-14(15)11-7-12-9-27(10-13(12)8-11)19(30)26-17-16(18(28)29)24-5-6-25-17/h1-6,11-13H,7-10H2,(H,28,29)(H,25,26,30)/t11-,12-,13+. The van der Waals surface area contributed by atoms with Gasteiger partial charge in [0.05, 0.1) is 5.56 Å². The minimum atomic E-state index is -4.39. The van der Waals surface area contributed by atoms with Crippen molar-refractivity contribution < 1.29 is 27.9 Å². The number of hydrogen-bond donors (Lipinski definition) is 2. The van der Waals surface area contributed by atoms with Crippen molar-refractivity contribution in [3.8, 4) is 0 Å². The molecule has 0 spiro atoms. The first-order valence-electron chi connectivity index (χ1n) is 9.50. The number of benzene rings is 1. The van der Waals surface area contributed by atoms with Gasteiger partial charge in [-0.3, -0.25) is 5.32 Å². The second-order valence-corrected chi connectivity index (χ2v) is 7.67. The molecule has 2 heterocycles. The van der Waals surface area contributed by atoms with E-state index in [4.69, 9.17) is 5.11 Å². The number of anilines is 1. The molecule has 1 aliphatic heterocycles. The van der Waals surface area contributed by atoms with Gasteiger partial charge < -0.3 is 10.0 Å². The molecule has 0 bridgehead atoms. The minimum Gasteiger partial charge on any atom is -0.476 e. The fourth-order valence-corrected chi connectivity index (χ4v) is 4.60. The van der Waals surface area contributed by atoms with Crippen molar-refractivity contribution in [1.29, 1.82) is 0 Å². The number of carboxylic acids is 1. The third-order valence-electron chi connectivity index (χ3n) is 5.87. The van der Waals surface area contributed by atoms with Gasteiger partial charge in [0, 0.05) is 25.5 Å². The quantitative estimate of drug-likeness (QED) is 0.787. The van der Waals surface area contributed by atoms with Crippen LogP contribution >= 0.6 is 0 Å². The van der Waals surface area contributed by atoms with E-state index in [0.29, 0.717) is 31.5 Å². The Bertz CT molecular complexity index is 968. The van der Waals surface area contributed by atoms with E-state index in [-0.39, 0.29) is 29.3 Å². The van der Waals surface area contributed by atoms with Gasteiger partial charge in [-0.25, -0.2) is 19.6 Å². The lowest BCUT2D eigenvalue weighted by molar-refractivity contribution is -0.138. The Morgan fingerprint density at radius 2 is 1.70 bits per heavy atom. The van der Waals surface area contributed by atoms with Crippen LogP contribution in [0.5, 0.6) is 0 Å². The lowest BCUT2D eigenvalue weighted by Crippen LogP contribution is -2.34. The average Bonchev–Trinajstić information content (AvgIpc) is 3.27. The second kappa shape index (κ2) is 7.58. The van der Waals surface area contributed by atoms with Crippen LogP contribution in [0.25, 0.3) is 0 Å². The third kappa shape index (κ3) is 3.81. The van der Waals surface area contributed by atoms with Crippen LogP contribution in [-0.4, -0.2) is 45.1 Å². The van der Waals surface area contributed by atoms with E-state index in [0.717, 1.165) is 6.07 Å². The van der Waals surface area contributed by atoms with Gasteiger partial charge in [-0.05, 0) is 42.2 Å². The fraction of sp³-hybridized carbons (Fsp3) is 0.400. The number of aromatic carboxylic acids is 1. The Balaban J connectivity index is 1.42. The van der Waals surface area contributed by atoms with Crippen molar-refractivity contribution in [2.24, 2.45) is 11.8 Å². The van der Waals surface area contributed by atoms with Crippen LogP contribution in [0.1, 0.15) is 40.4 Å². The number of rotatable bonds is 3. The smallest absolute Gasteiger partial charge is 0.416 e. The molecule has 3 atom stereocenters. The highest BCUT2D eigenvalue weighted by Gasteiger charge is 2.45. The van der Waals surface area contributed by atoms with Crippen LogP contribution in [0.2, 0.25) is 0 Å². The monoisotopic (exact) mass is 420 g/mol. The number of likely N-dealkylation sites (tertiary alicyclic amines) is 1. The first kappa shape index (κ1) is 20.1. The van der Waals surface area contributed by atoms with Gasteiger partial charge in [-0.15, -0.1) is 0 Å². The van der Waals surface area contributed by atoms with Crippen molar-refractivity contribution in [2.75, 3.05) is 18.4 Å². The van der Waals surface area contributed by atoms with Gasteiger partial charge in [-0.2, -0.15) is 13.2 Å². The van der Waals surface area contributed by atoms with E-state index in [2.05, 4.69) is 15.3 Å². The number of alkyl halides is 3. The molecule has 1 aromatic heterocycles. The molecule has 2 aromatic rings. The predicted molar refractivity (Wildman–Crippen MR) is 100.0 cm³/mol. The summed E-state index contributed by atoms with van der Waals surface area (Å²) in [6.07, 6.45) is -0.735. The SMILES string of the molecule is O=C(O)c1nccnc1NC(=O)N1C[C@H]2C[C@@H](c3ccccc3C(F)(F)F)C[C@H]2C1. The van der Waals surface area contributed by atoms with Crippen molar-refractivity contribution >= 4 is 17.8 Å². The highest BCUT2D eigenvalue weighted by Crippen LogP contribution is 2.48. The second-order valence-electron chi connectivity index (χ2n) is 7.67. The number of urea groups is 1. The molecule has 2 N–H and O–H groups in total. The zero-order chi connectivity index (χ0) is 21.5. The fourth-order valence-electron chi connectivity index (χ4n) is 4.60. The summed E-state index contributed by atoms with van der Waals surface area (Å²) >= 11 is 0. The summed E-state index contributed by atoms with van der Waals surface area (Å²) in [5.41, 5.74) is -0.622. The van der Waals surface area contributed by atoms with Crippen molar-refractivity contribution in [3.63, 3.8) is 0 Å². The summed E-state index contributed by atoms with van der Waals surface area (Å²) in [6.45, 7) is 0.813. The molecular formula is C20H19F3N4O3. The van der Waals surface area contributed by atoms with Gasteiger partial charge in [0.15, 0.2) is 11.5 Å². The maximum atomic E-state index is 13.3. The number of hydrogen-bond acceptors (Lipinski definition) is 4. The van der Waals surface area contributed by atoms with E-state index in [1.807, 2.05) is 0 Å². The molecule has 1 aliphatic carbocycles. The number of aromatic nitrogens is 2. The summed E-state index contributed by atoms with van der Waals surface area (Å²) in [6, 6.07) is 5.19. The molecule has 2 fully saturated rings. The zero-order valence-corrected chi connectivity index (χ0v) is 15.8. The number of carboxylic acid groups (broad SMARTS) is 1. The summed E-state index contributed by atoms with van der Waals surface area (Å²) in [5, 5.41) is 11.6. The zero-order valence-electron chi connectivity index (χ0n) is 15.8. The molecule has 10 heteroatoms. The largest absolute Gasteiger partial charge is 0.476 e. The first-order valence-corrected chi connectivity index (χ1v) is 9.50. The van der Waals surface area contributed by atoms with Gasteiger partial charge >= 0.3 is 18.2 Å². The lowest BCUT2D eigenvalue weighted by atomic mass is 9.91. The number of carbonyl (C=O) groups excluding carboxylic acids is 1. The van der Waals surface area contributed by atoms with E-state index >= 15 is 0 Å². The van der Waals surface area contributed by atoms with Crippen molar-refractivity contribution in [1.82, 2.24) is 14.9 Å². The summed E-state index contributed by atoms with van der Waals surface area (Å²) in [7, 11) is 0. The Hall–Kier alpha value is -3.17. The summed E-state index contributed by atoms with van der Waals surface area (Å²) in [4.78, 5) is 32.9. The van der Waals surface area contributed by atoms with Gasteiger partial charge in [0.1, 0.15) is 0 Å². The van der Waals surface area contributed by atoms with E-state index in [9.17, 15) is 22.8 Å². The number of nitrogens with one attached hydrogen (secondary N) is 1. The van der Waals surface area contributed by atoms with Crippen LogP contribution < -0.4 is 5.32 Å². The molecule has 0 unspecified atom stereocenters. The molecule has 30 heavy (non-hydrogen) atoms. The third-order valence-corrected chi connectivity index (χ3v) is 5.87. The highest BCUT2D eigenvalue weighted by molar-refractivity contribution is 5.97. The van der Waals surface area contributed by atoms with E-state index in [1.54, 1.807) is 17.0 Å². The molecule has 4 rings (SSSR count). The van der Waals surface area contributed by atoms with Gasteiger partial charge in [0.25, 0.3) is 0 Å². The normalized spacial score (nSPS) is 23.3.